The predicted octanol–water partition coefficient (Wildman–Crippen LogP) is 4.04. The van der Waals surface area contributed by atoms with E-state index in [-0.39, 0.29) is 11.3 Å². The lowest BCUT2D eigenvalue weighted by Crippen LogP contribution is -2.18. The summed E-state index contributed by atoms with van der Waals surface area (Å²) in [6.45, 7) is 5.76. The van der Waals surface area contributed by atoms with Crippen molar-refractivity contribution in [2.45, 2.75) is 32.8 Å². The Labute approximate surface area is 145 Å². The Hall–Kier alpha value is -2.57. The van der Waals surface area contributed by atoms with Crippen molar-refractivity contribution in [3.05, 3.63) is 58.5 Å². The lowest BCUT2D eigenvalue weighted by atomic mass is 10.1. The lowest BCUT2D eigenvalue weighted by molar-refractivity contribution is -0.297. The van der Waals surface area contributed by atoms with Crippen LogP contribution >= 0.6 is 0 Å². The minimum absolute atomic E-state index is 0.0354. The van der Waals surface area contributed by atoms with Crippen LogP contribution in [0.2, 0.25) is 0 Å². The van der Waals surface area contributed by atoms with Gasteiger partial charge < -0.3 is 14.3 Å². The molecule has 0 atom stereocenters. The second-order valence-corrected chi connectivity index (χ2v) is 6.27. The highest BCUT2D eigenvalue weighted by Gasteiger charge is 2.12. The van der Waals surface area contributed by atoms with Crippen LogP contribution in [0.3, 0.4) is 0 Å². The summed E-state index contributed by atoms with van der Waals surface area (Å²) in [5.74, 6) is 0.403. The first kappa shape index (κ1) is 18.8. The van der Waals surface area contributed by atoms with Crippen molar-refractivity contribution in [1.29, 1.82) is 0 Å². The van der Waals surface area contributed by atoms with Gasteiger partial charge in [-0.25, -0.2) is 9.68 Å². The Morgan fingerprint density at radius 2 is 2.08 bits per heavy atom. The molecular formula is C19H22O6. The first-order chi connectivity index (χ1) is 11.8. The van der Waals surface area contributed by atoms with Gasteiger partial charge in [-0.15, -0.1) is 0 Å². The molecule has 25 heavy (non-hydrogen) atoms. The number of ether oxygens (including phenoxy) is 1. The molecule has 1 heterocycles. The molecule has 0 bridgehead atoms. The van der Waals surface area contributed by atoms with E-state index in [1.807, 2.05) is 19.1 Å². The van der Waals surface area contributed by atoms with Crippen LogP contribution in [-0.4, -0.2) is 22.6 Å². The number of rotatable bonds is 7. The fourth-order valence-corrected chi connectivity index (χ4v) is 2.17. The van der Waals surface area contributed by atoms with E-state index in [9.17, 15) is 9.90 Å². The Morgan fingerprint density at radius 3 is 2.80 bits per heavy atom. The Balaban J connectivity index is 2.04. The topological polar surface area (TPSA) is 89.1 Å². The standard InChI is InChI=1S/C19H22O6/c1-13(5-4-9-19(2,3)25-22)8-10-23-16-11-14(20)12-17-15(16)6-7-18(21)24-17/h4,6-9,11-12,20,22H,5,10H2,1-3H3/b9-4+,13-8+. The highest BCUT2D eigenvalue weighted by molar-refractivity contribution is 5.84. The van der Waals surface area contributed by atoms with Crippen LogP contribution in [0.25, 0.3) is 11.0 Å². The van der Waals surface area contributed by atoms with Gasteiger partial charge in [0.25, 0.3) is 0 Å². The number of aromatic hydroxyl groups is 1. The van der Waals surface area contributed by atoms with E-state index in [1.165, 1.54) is 18.2 Å². The minimum Gasteiger partial charge on any atom is -0.508 e. The summed E-state index contributed by atoms with van der Waals surface area (Å²) in [5, 5.41) is 19.1. The Bertz CT molecular complexity index is 845. The van der Waals surface area contributed by atoms with Crippen molar-refractivity contribution in [1.82, 2.24) is 0 Å². The maximum Gasteiger partial charge on any atom is 0.336 e. The third kappa shape index (κ3) is 5.48. The number of hydrogen-bond acceptors (Lipinski definition) is 6. The van der Waals surface area contributed by atoms with E-state index in [4.69, 9.17) is 14.4 Å². The molecule has 0 unspecified atom stereocenters. The van der Waals surface area contributed by atoms with Crippen LogP contribution in [0.5, 0.6) is 11.5 Å². The Kier molecular flexibility index (Phi) is 6.01. The van der Waals surface area contributed by atoms with Crippen molar-refractivity contribution in [3.63, 3.8) is 0 Å². The largest absolute Gasteiger partial charge is 0.508 e. The van der Waals surface area contributed by atoms with Gasteiger partial charge in [0.05, 0.1) is 5.39 Å². The molecule has 6 nitrogen and oxygen atoms in total. The molecule has 1 aromatic heterocycles. The maximum atomic E-state index is 11.3. The molecule has 2 N–H and O–H groups in total. The zero-order valence-electron chi connectivity index (χ0n) is 14.5. The number of phenolic OH excluding ortho intramolecular Hbond substituents is 1. The number of benzene rings is 1. The van der Waals surface area contributed by atoms with E-state index < -0.39 is 11.2 Å². The zero-order valence-corrected chi connectivity index (χ0v) is 14.5. The highest BCUT2D eigenvalue weighted by Crippen LogP contribution is 2.29. The molecule has 1 aromatic carbocycles. The number of hydrogen-bond donors (Lipinski definition) is 2. The molecular weight excluding hydrogens is 324 g/mol. The number of fused-ring (bicyclic) bond motifs is 1. The summed E-state index contributed by atoms with van der Waals surface area (Å²) >= 11 is 0. The average molecular weight is 346 g/mol. The van der Waals surface area contributed by atoms with Gasteiger partial charge in [-0.2, -0.15) is 0 Å². The minimum atomic E-state index is -0.721. The lowest BCUT2D eigenvalue weighted by Gasteiger charge is -2.14. The van der Waals surface area contributed by atoms with Crippen molar-refractivity contribution < 1.29 is 24.4 Å². The summed E-state index contributed by atoms with van der Waals surface area (Å²) in [7, 11) is 0. The summed E-state index contributed by atoms with van der Waals surface area (Å²) < 4.78 is 10.7. The first-order valence-corrected chi connectivity index (χ1v) is 7.86. The molecule has 0 radical (unpaired) electrons. The van der Waals surface area contributed by atoms with Gasteiger partial charge in [0.1, 0.15) is 29.3 Å². The predicted molar refractivity (Wildman–Crippen MR) is 95.0 cm³/mol. The van der Waals surface area contributed by atoms with E-state index in [2.05, 4.69) is 4.89 Å². The third-order valence-corrected chi connectivity index (χ3v) is 3.55. The van der Waals surface area contributed by atoms with Crippen LogP contribution in [0.4, 0.5) is 0 Å². The van der Waals surface area contributed by atoms with E-state index >= 15 is 0 Å². The molecule has 0 aliphatic carbocycles. The van der Waals surface area contributed by atoms with Crippen molar-refractivity contribution >= 4 is 11.0 Å². The van der Waals surface area contributed by atoms with Crippen LogP contribution in [0.1, 0.15) is 27.2 Å². The van der Waals surface area contributed by atoms with Gasteiger partial charge >= 0.3 is 5.63 Å². The van der Waals surface area contributed by atoms with Crippen molar-refractivity contribution in [2.75, 3.05) is 6.61 Å². The van der Waals surface area contributed by atoms with Crippen LogP contribution in [0, 0.1) is 0 Å². The number of phenols is 1. The zero-order chi connectivity index (χ0) is 18.4. The van der Waals surface area contributed by atoms with Crippen LogP contribution in [-0.2, 0) is 4.89 Å². The maximum absolute atomic E-state index is 11.3. The molecule has 6 heteroatoms. The van der Waals surface area contributed by atoms with Gasteiger partial charge in [0, 0.05) is 18.2 Å². The molecule has 0 saturated heterocycles. The SMILES string of the molecule is C/C(=C\COc1cc(O)cc2oc(=O)ccc12)C/C=C/C(C)(C)OO. The molecule has 134 valence electrons. The smallest absolute Gasteiger partial charge is 0.336 e. The van der Waals surface area contributed by atoms with Crippen LogP contribution < -0.4 is 10.4 Å². The van der Waals surface area contributed by atoms with Gasteiger partial charge in [-0.1, -0.05) is 17.7 Å². The van der Waals surface area contributed by atoms with E-state index in [1.54, 1.807) is 26.0 Å². The van der Waals surface area contributed by atoms with Gasteiger partial charge in [0.15, 0.2) is 0 Å². The fourth-order valence-electron chi connectivity index (χ4n) is 2.17. The molecule has 0 amide bonds. The highest BCUT2D eigenvalue weighted by atomic mass is 17.1. The fraction of sp³-hybridized carbons (Fsp3) is 0.316. The van der Waals surface area contributed by atoms with Gasteiger partial charge in [-0.05, 0) is 39.3 Å². The van der Waals surface area contributed by atoms with Crippen LogP contribution in [0.15, 0.2) is 57.3 Å². The molecule has 0 aliphatic heterocycles. The molecule has 0 spiro atoms. The second-order valence-electron chi connectivity index (χ2n) is 6.27. The van der Waals surface area contributed by atoms with Gasteiger partial charge in [0.2, 0.25) is 0 Å². The summed E-state index contributed by atoms with van der Waals surface area (Å²) in [6.07, 6.45) is 6.27. The molecule has 2 aromatic rings. The second kappa shape index (κ2) is 8.00. The summed E-state index contributed by atoms with van der Waals surface area (Å²) in [4.78, 5) is 15.6. The van der Waals surface area contributed by atoms with Gasteiger partial charge in [-0.3, -0.25) is 5.26 Å². The molecule has 0 fully saturated rings. The van der Waals surface area contributed by atoms with Crippen molar-refractivity contribution in [3.8, 4) is 11.5 Å². The molecule has 0 aliphatic rings. The Morgan fingerprint density at radius 1 is 1.32 bits per heavy atom. The monoisotopic (exact) mass is 346 g/mol. The van der Waals surface area contributed by atoms with E-state index in [0.717, 1.165) is 5.57 Å². The summed E-state index contributed by atoms with van der Waals surface area (Å²) in [5.41, 5.74) is 0.140. The summed E-state index contributed by atoms with van der Waals surface area (Å²) in [6, 6.07) is 5.77. The normalized spacial score (nSPS) is 12.9. The van der Waals surface area contributed by atoms with E-state index in [0.29, 0.717) is 24.2 Å². The average Bonchev–Trinajstić information content (AvgIpc) is 2.54. The first-order valence-electron chi connectivity index (χ1n) is 7.86. The third-order valence-electron chi connectivity index (χ3n) is 3.55. The quantitative estimate of drug-likeness (QED) is 0.340. The molecule has 2 rings (SSSR count). The van der Waals surface area contributed by atoms with Crippen molar-refractivity contribution in [2.24, 2.45) is 0 Å². The number of allylic oxidation sites excluding steroid dienone is 2. The molecule has 0 saturated carbocycles.